The maximum Gasteiger partial charge on any atom is 0.270 e. The quantitative estimate of drug-likeness (QED) is 0.488. The van der Waals surface area contributed by atoms with Gasteiger partial charge in [-0.2, -0.15) is 0 Å². The first-order chi connectivity index (χ1) is 17.4. The second kappa shape index (κ2) is 10.5. The van der Waals surface area contributed by atoms with Crippen LogP contribution in [0.1, 0.15) is 57.6 Å². The molecule has 8 heteroatoms. The summed E-state index contributed by atoms with van der Waals surface area (Å²) in [5, 5.41) is 3.11. The Morgan fingerprint density at radius 2 is 1.97 bits per heavy atom. The number of hydrogen-bond acceptors (Lipinski definition) is 4. The highest BCUT2D eigenvalue weighted by atomic mass is 79.9. The lowest BCUT2D eigenvalue weighted by atomic mass is 9.97. The second-order valence-corrected chi connectivity index (χ2v) is 10.6. The number of halogens is 2. The maximum absolute atomic E-state index is 14.1. The minimum atomic E-state index is -0.938. The molecule has 0 aliphatic carbocycles. The number of carbonyl (C=O) groups excluding carboxylic acids is 1. The first-order valence-corrected chi connectivity index (χ1v) is 13.1. The Labute approximate surface area is 219 Å². The van der Waals surface area contributed by atoms with Crippen molar-refractivity contribution in [2.75, 3.05) is 20.1 Å². The predicted octanol–water partition coefficient (Wildman–Crippen LogP) is 4.46. The van der Waals surface area contributed by atoms with Crippen LogP contribution in [0.3, 0.4) is 0 Å². The van der Waals surface area contributed by atoms with Gasteiger partial charge in [-0.05, 0) is 69.7 Å². The van der Waals surface area contributed by atoms with Gasteiger partial charge in [-0.15, -0.1) is 0 Å². The zero-order valence-electron chi connectivity index (χ0n) is 20.5. The van der Waals surface area contributed by atoms with Gasteiger partial charge in [0.2, 0.25) is 0 Å². The summed E-state index contributed by atoms with van der Waals surface area (Å²) in [5.41, 5.74) is 4.18. The van der Waals surface area contributed by atoms with Gasteiger partial charge in [0.05, 0.1) is 24.6 Å². The molecule has 186 valence electrons. The standard InChI is InChI=1S/C28H29BrFN5O/c1-18-13-20(4-3-19-9-11-34(2)12-10-19)14-24(32-18)28(36)33-26(21-5-7-22(29)8-6-21)27-25-15-23(30)16-35(25)17-31-27/h5-8,13-14,17,19,23,26H,9-12,15-16H2,1-2H3,(H,33,36)/t23-,26?/m1/s1. The molecule has 2 aromatic heterocycles. The molecule has 2 aliphatic rings. The highest BCUT2D eigenvalue weighted by Crippen LogP contribution is 2.30. The van der Waals surface area contributed by atoms with Gasteiger partial charge in [-0.3, -0.25) is 4.79 Å². The lowest BCUT2D eigenvalue weighted by Crippen LogP contribution is -2.31. The van der Waals surface area contributed by atoms with Crippen LogP contribution in [0.5, 0.6) is 0 Å². The van der Waals surface area contributed by atoms with E-state index >= 15 is 0 Å². The molecule has 36 heavy (non-hydrogen) atoms. The van der Waals surface area contributed by atoms with E-state index in [1.807, 2.05) is 41.8 Å². The Morgan fingerprint density at radius 3 is 2.72 bits per heavy atom. The van der Waals surface area contributed by atoms with Crippen LogP contribution in [0, 0.1) is 24.7 Å². The van der Waals surface area contributed by atoms with E-state index in [0.29, 0.717) is 23.9 Å². The van der Waals surface area contributed by atoms with Crippen LogP contribution in [0.4, 0.5) is 4.39 Å². The molecule has 2 atom stereocenters. The third-order valence-electron chi connectivity index (χ3n) is 6.87. The van der Waals surface area contributed by atoms with Crippen molar-refractivity contribution in [3.05, 3.63) is 81.1 Å². The summed E-state index contributed by atoms with van der Waals surface area (Å²) in [5.74, 6) is 6.72. The molecule has 4 heterocycles. The lowest BCUT2D eigenvalue weighted by molar-refractivity contribution is 0.0937. The van der Waals surface area contributed by atoms with Gasteiger partial charge < -0.3 is 14.8 Å². The highest BCUT2D eigenvalue weighted by Gasteiger charge is 2.30. The van der Waals surface area contributed by atoms with Crippen LogP contribution < -0.4 is 5.32 Å². The predicted molar refractivity (Wildman–Crippen MR) is 140 cm³/mol. The molecule has 1 N–H and O–H groups in total. The number of imidazole rings is 1. The highest BCUT2D eigenvalue weighted by molar-refractivity contribution is 9.10. The van der Waals surface area contributed by atoms with Crippen LogP contribution >= 0.6 is 15.9 Å². The van der Waals surface area contributed by atoms with Crippen molar-refractivity contribution in [3.8, 4) is 11.8 Å². The molecule has 1 saturated heterocycles. The third kappa shape index (κ3) is 5.53. The molecule has 1 fully saturated rings. The molecule has 0 bridgehead atoms. The fourth-order valence-corrected chi connectivity index (χ4v) is 5.16. The number of aromatic nitrogens is 3. The lowest BCUT2D eigenvalue weighted by Gasteiger charge is -2.25. The Morgan fingerprint density at radius 1 is 1.22 bits per heavy atom. The number of amides is 1. The number of aryl methyl sites for hydroxylation is 1. The van der Waals surface area contributed by atoms with E-state index in [4.69, 9.17) is 0 Å². The molecule has 6 nitrogen and oxygen atoms in total. The Balaban J connectivity index is 1.41. The summed E-state index contributed by atoms with van der Waals surface area (Å²) in [6.45, 7) is 4.27. The van der Waals surface area contributed by atoms with Crippen molar-refractivity contribution >= 4 is 21.8 Å². The van der Waals surface area contributed by atoms with Crippen LogP contribution in [-0.4, -0.2) is 51.7 Å². The Kier molecular flexibility index (Phi) is 7.22. The SMILES string of the molecule is Cc1cc(C#CC2CCN(C)CC2)cc(C(=O)NC(c2ccc(Br)cc2)c2ncn3c2C[C@@H](F)C3)n1. The molecule has 3 aromatic rings. The summed E-state index contributed by atoms with van der Waals surface area (Å²) in [6, 6.07) is 10.8. The van der Waals surface area contributed by atoms with E-state index in [1.165, 1.54) is 0 Å². The number of piperidine rings is 1. The van der Waals surface area contributed by atoms with Crippen molar-refractivity contribution in [1.82, 2.24) is 24.8 Å². The Bertz CT molecular complexity index is 1320. The number of carbonyl (C=O) groups is 1. The fourth-order valence-electron chi connectivity index (χ4n) is 4.90. The van der Waals surface area contributed by atoms with Gasteiger partial charge in [-0.25, -0.2) is 14.4 Å². The van der Waals surface area contributed by atoms with Gasteiger partial charge in [0.25, 0.3) is 5.91 Å². The monoisotopic (exact) mass is 549 g/mol. The van der Waals surface area contributed by atoms with Gasteiger partial charge in [-0.1, -0.05) is 39.9 Å². The molecule has 0 spiro atoms. The van der Waals surface area contributed by atoms with Crippen molar-refractivity contribution in [3.63, 3.8) is 0 Å². The molecule has 0 radical (unpaired) electrons. The summed E-state index contributed by atoms with van der Waals surface area (Å²) >= 11 is 3.47. The number of hydrogen-bond donors (Lipinski definition) is 1. The van der Waals surface area contributed by atoms with Gasteiger partial charge >= 0.3 is 0 Å². The van der Waals surface area contributed by atoms with Gasteiger partial charge in [0.15, 0.2) is 0 Å². The van der Waals surface area contributed by atoms with Crippen molar-refractivity contribution in [2.45, 2.75) is 44.9 Å². The number of nitrogens with one attached hydrogen (secondary N) is 1. The average Bonchev–Trinajstić information content (AvgIpc) is 3.41. The van der Waals surface area contributed by atoms with Crippen molar-refractivity contribution in [1.29, 1.82) is 0 Å². The normalized spacial score (nSPS) is 18.8. The number of benzene rings is 1. The fraction of sp³-hybridized carbons (Fsp3) is 0.393. The smallest absolute Gasteiger partial charge is 0.270 e. The van der Waals surface area contributed by atoms with Crippen molar-refractivity contribution in [2.24, 2.45) is 5.92 Å². The summed E-state index contributed by atoms with van der Waals surface area (Å²) in [7, 11) is 2.14. The minimum absolute atomic E-state index is 0.289. The maximum atomic E-state index is 14.1. The number of likely N-dealkylation sites (tertiary alicyclic amines) is 1. The van der Waals surface area contributed by atoms with Crippen LogP contribution in [-0.2, 0) is 13.0 Å². The van der Waals surface area contributed by atoms with E-state index in [2.05, 4.69) is 55.0 Å². The molecule has 1 amide bonds. The zero-order chi connectivity index (χ0) is 25.2. The van der Waals surface area contributed by atoms with E-state index in [1.54, 1.807) is 12.4 Å². The summed E-state index contributed by atoms with van der Waals surface area (Å²) in [4.78, 5) is 24.8. The topological polar surface area (TPSA) is 63.1 Å². The van der Waals surface area contributed by atoms with Gasteiger partial charge in [0, 0.05) is 33.8 Å². The second-order valence-electron chi connectivity index (χ2n) is 9.72. The number of alkyl halides is 1. The number of rotatable bonds is 4. The molecular weight excluding hydrogens is 521 g/mol. The minimum Gasteiger partial charge on any atom is -0.338 e. The summed E-state index contributed by atoms with van der Waals surface area (Å²) in [6.07, 6.45) is 3.13. The number of fused-ring (bicyclic) bond motifs is 1. The van der Waals surface area contributed by atoms with E-state index in [-0.39, 0.29) is 12.3 Å². The van der Waals surface area contributed by atoms with Crippen molar-refractivity contribution < 1.29 is 9.18 Å². The van der Waals surface area contributed by atoms with E-state index in [0.717, 1.165) is 52.9 Å². The first kappa shape index (κ1) is 24.7. The van der Waals surface area contributed by atoms with Gasteiger partial charge in [0.1, 0.15) is 11.9 Å². The zero-order valence-corrected chi connectivity index (χ0v) is 22.1. The first-order valence-electron chi connectivity index (χ1n) is 12.3. The van der Waals surface area contributed by atoms with Crippen LogP contribution in [0.2, 0.25) is 0 Å². The number of pyridine rings is 1. The molecule has 0 saturated carbocycles. The molecule has 1 unspecified atom stereocenters. The summed E-state index contributed by atoms with van der Waals surface area (Å²) < 4.78 is 16.9. The van der Waals surface area contributed by atoms with Crippen LogP contribution in [0.15, 0.2) is 47.2 Å². The molecule has 5 rings (SSSR count). The van der Waals surface area contributed by atoms with E-state index < -0.39 is 12.2 Å². The number of nitrogens with zero attached hydrogens (tertiary/aromatic N) is 4. The largest absolute Gasteiger partial charge is 0.338 e. The average molecular weight is 550 g/mol. The molecule has 2 aliphatic heterocycles. The van der Waals surface area contributed by atoms with Crippen LogP contribution in [0.25, 0.3) is 0 Å². The molecule has 1 aromatic carbocycles. The third-order valence-corrected chi connectivity index (χ3v) is 7.39. The van der Waals surface area contributed by atoms with E-state index in [9.17, 15) is 9.18 Å². The molecular formula is C28H29BrFN5O. The Hall–Kier alpha value is -3.02.